The first-order valence-electron chi connectivity index (χ1n) is 5.55. The van der Waals surface area contributed by atoms with Gasteiger partial charge in [-0.05, 0) is 18.6 Å². The van der Waals surface area contributed by atoms with E-state index in [0.29, 0.717) is 23.0 Å². The predicted octanol–water partition coefficient (Wildman–Crippen LogP) is 3.27. The first-order chi connectivity index (χ1) is 8.17. The summed E-state index contributed by atoms with van der Waals surface area (Å²) in [5.74, 6) is 0.540. The average Bonchev–Trinajstić information content (AvgIpc) is 2.32. The van der Waals surface area contributed by atoms with E-state index in [2.05, 4.69) is 17.6 Å². The number of hydrogen-bond donors (Lipinski definition) is 2. The fourth-order valence-electron chi connectivity index (χ4n) is 1.29. The van der Waals surface area contributed by atoms with Crippen LogP contribution in [0.15, 0.2) is 18.2 Å². The summed E-state index contributed by atoms with van der Waals surface area (Å²) in [6, 6.07) is 4.87. The highest BCUT2D eigenvalue weighted by Crippen LogP contribution is 2.27. The number of hydrogen-bond acceptors (Lipinski definition) is 2. The fraction of sp³-hybridized carbons (Fsp3) is 0.417. The van der Waals surface area contributed by atoms with Gasteiger partial charge in [0.2, 0.25) is 0 Å². The van der Waals surface area contributed by atoms with Crippen LogP contribution in [0.2, 0.25) is 5.02 Å². The zero-order valence-corrected chi connectivity index (χ0v) is 10.8. The first-order valence-corrected chi connectivity index (χ1v) is 5.93. The van der Waals surface area contributed by atoms with E-state index in [1.165, 1.54) is 7.11 Å². The SMILES string of the molecule is CCCCNC(=O)Nc1ccc(Cl)c(OC)c1. The van der Waals surface area contributed by atoms with E-state index < -0.39 is 0 Å². The summed E-state index contributed by atoms with van der Waals surface area (Å²) < 4.78 is 5.06. The number of halogens is 1. The molecule has 94 valence electrons. The number of methoxy groups -OCH3 is 1. The van der Waals surface area contributed by atoms with Crippen LogP contribution in [-0.4, -0.2) is 19.7 Å². The number of urea groups is 1. The molecule has 0 unspecified atom stereocenters. The third kappa shape index (κ3) is 4.53. The Hall–Kier alpha value is -1.42. The highest BCUT2D eigenvalue weighted by atomic mass is 35.5. The Morgan fingerprint density at radius 1 is 1.47 bits per heavy atom. The van der Waals surface area contributed by atoms with Crippen molar-refractivity contribution in [3.63, 3.8) is 0 Å². The molecule has 0 saturated heterocycles. The number of rotatable bonds is 5. The number of ether oxygens (including phenoxy) is 1. The van der Waals surface area contributed by atoms with Gasteiger partial charge in [0.05, 0.1) is 12.1 Å². The van der Waals surface area contributed by atoms with Gasteiger partial charge in [0, 0.05) is 18.3 Å². The van der Waals surface area contributed by atoms with E-state index in [9.17, 15) is 4.79 Å². The molecule has 0 spiro atoms. The zero-order chi connectivity index (χ0) is 12.7. The molecule has 0 aliphatic heterocycles. The maximum absolute atomic E-state index is 11.5. The van der Waals surface area contributed by atoms with Gasteiger partial charge in [-0.25, -0.2) is 4.79 Å². The van der Waals surface area contributed by atoms with Crippen molar-refractivity contribution in [1.82, 2.24) is 5.32 Å². The molecule has 1 aromatic rings. The lowest BCUT2D eigenvalue weighted by Gasteiger charge is -2.09. The highest BCUT2D eigenvalue weighted by Gasteiger charge is 2.04. The third-order valence-electron chi connectivity index (χ3n) is 2.22. The van der Waals surface area contributed by atoms with Crippen molar-refractivity contribution in [2.75, 3.05) is 19.0 Å². The van der Waals surface area contributed by atoms with E-state index in [1.54, 1.807) is 18.2 Å². The Kier molecular flexibility index (Phi) is 5.63. The minimum Gasteiger partial charge on any atom is -0.495 e. The van der Waals surface area contributed by atoms with E-state index in [-0.39, 0.29) is 6.03 Å². The van der Waals surface area contributed by atoms with Gasteiger partial charge in [-0.2, -0.15) is 0 Å². The van der Waals surface area contributed by atoms with Gasteiger partial charge >= 0.3 is 6.03 Å². The Morgan fingerprint density at radius 2 is 2.24 bits per heavy atom. The molecule has 2 N–H and O–H groups in total. The zero-order valence-electron chi connectivity index (χ0n) is 10.0. The van der Waals surface area contributed by atoms with Crippen molar-refractivity contribution >= 4 is 23.3 Å². The molecule has 2 amide bonds. The molecule has 0 aromatic heterocycles. The summed E-state index contributed by atoms with van der Waals surface area (Å²) in [5.41, 5.74) is 0.653. The highest BCUT2D eigenvalue weighted by molar-refractivity contribution is 6.32. The third-order valence-corrected chi connectivity index (χ3v) is 2.54. The smallest absolute Gasteiger partial charge is 0.319 e. The summed E-state index contributed by atoms with van der Waals surface area (Å²) in [5, 5.41) is 5.99. The number of carbonyl (C=O) groups excluding carboxylic acids is 1. The van der Waals surface area contributed by atoms with Gasteiger partial charge in [-0.3, -0.25) is 0 Å². The van der Waals surface area contributed by atoms with Crippen LogP contribution in [0.1, 0.15) is 19.8 Å². The number of benzene rings is 1. The number of carbonyl (C=O) groups is 1. The monoisotopic (exact) mass is 256 g/mol. The van der Waals surface area contributed by atoms with Crippen molar-refractivity contribution in [2.24, 2.45) is 0 Å². The van der Waals surface area contributed by atoms with Crippen LogP contribution >= 0.6 is 11.6 Å². The number of nitrogens with one attached hydrogen (secondary N) is 2. The summed E-state index contributed by atoms with van der Waals surface area (Å²) in [6.07, 6.45) is 2.02. The van der Waals surface area contributed by atoms with Crippen LogP contribution in [0, 0.1) is 0 Å². The molecular formula is C12H17ClN2O2. The molecule has 4 nitrogen and oxygen atoms in total. The summed E-state index contributed by atoms with van der Waals surface area (Å²) in [4.78, 5) is 11.5. The second-order valence-corrected chi connectivity index (χ2v) is 3.99. The molecule has 0 radical (unpaired) electrons. The first kappa shape index (κ1) is 13.6. The quantitative estimate of drug-likeness (QED) is 0.795. The van der Waals surface area contributed by atoms with Gasteiger partial charge in [0.1, 0.15) is 5.75 Å². The molecule has 0 fully saturated rings. The molecule has 0 bridgehead atoms. The van der Waals surface area contributed by atoms with Crippen molar-refractivity contribution in [2.45, 2.75) is 19.8 Å². The van der Waals surface area contributed by atoms with E-state index in [1.807, 2.05) is 0 Å². The van der Waals surface area contributed by atoms with Gasteiger partial charge in [0.15, 0.2) is 0 Å². The van der Waals surface area contributed by atoms with E-state index in [4.69, 9.17) is 16.3 Å². The molecule has 1 rings (SSSR count). The second kappa shape index (κ2) is 7.01. The van der Waals surface area contributed by atoms with Crippen LogP contribution in [0.5, 0.6) is 5.75 Å². The lowest BCUT2D eigenvalue weighted by molar-refractivity contribution is 0.252. The fourth-order valence-corrected chi connectivity index (χ4v) is 1.49. The van der Waals surface area contributed by atoms with Gasteiger partial charge < -0.3 is 15.4 Å². The Labute approximate surface area is 106 Å². The van der Waals surface area contributed by atoms with Gasteiger partial charge in [-0.15, -0.1) is 0 Å². The molecular weight excluding hydrogens is 240 g/mol. The molecule has 5 heteroatoms. The maximum Gasteiger partial charge on any atom is 0.319 e. The molecule has 0 aliphatic carbocycles. The van der Waals surface area contributed by atoms with E-state index >= 15 is 0 Å². The average molecular weight is 257 g/mol. The standard InChI is InChI=1S/C12H17ClN2O2/c1-3-4-7-14-12(16)15-9-5-6-10(13)11(8-9)17-2/h5-6,8H,3-4,7H2,1-2H3,(H2,14,15,16). The van der Waals surface area contributed by atoms with Gasteiger partial charge in [-0.1, -0.05) is 24.9 Å². The van der Waals surface area contributed by atoms with Crippen LogP contribution in [0.3, 0.4) is 0 Å². The van der Waals surface area contributed by atoms with Gasteiger partial charge in [0.25, 0.3) is 0 Å². The molecule has 0 heterocycles. The van der Waals surface area contributed by atoms with Crippen molar-refractivity contribution in [1.29, 1.82) is 0 Å². The molecule has 0 atom stereocenters. The summed E-state index contributed by atoms with van der Waals surface area (Å²) in [7, 11) is 1.53. The van der Waals surface area contributed by atoms with Crippen LogP contribution in [0.4, 0.5) is 10.5 Å². The predicted molar refractivity (Wildman–Crippen MR) is 69.9 cm³/mol. The Bertz CT molecular complexity index is 383. The van der Waals surface area contributed by atoms with Crippen molar-refractivity contribution < 1.29 is 9.53 Å². The number of unbranched alkanes of at least 4 members (excludes halogenated alkanes) is 1. The lowest BCUT2D eigenvalue weighted by atomic mass is 10.3. The molecule has 1 aromatic carbocycles. The van der Waals surface area contributed by atoms with Crippen molar-refractivity contribution in [3.05, 3.63) is 23.2 Å². The Morgan fingerprint density at radius 3 is 2.88 bits per heavy atom. The van der Waals surface area contributed by atoms with Crippen LogP contribution in [-0.2, 0) is 0 Å². The topological polar surface area (TPSA) is 50.4 Å². The van der Waals surface area contributed by atoms with E-state index in [0.717, 1.165) is 12.8 Å². The number of anilines is 1. The van der Waals surface area contributed by atoms with Crippen LogP contribution < -0.4 is 15.4 Å². The lowest BCUT2D eigenvalue weighted by Crippen LogP contribution is -2.29. The molecule has 0 saturated carbocycles. The molecule has 0 aliphatic rings. The normalized spacial score (nSPS) is 9.82. The largest absolute Gasteiger partial charge is 0.495 e. The minimum atomic E-state index is -0.220. The molecule has 17 heavy (non-hydrogen) atoms. The summed E-state index contributed by atoms with van der Waals surface area (Å²) in [6.45, 7) is 2.75. The maximum atomic E-state index is 11.5. The van der Waals surface area contributed by atoms with Crippen LogP contribution in [0.25, 0.3) is 0 Å². The second-order valence-electron chi connectivity index (χ2n) is 3.58. The summed E-state index contributed by atoms with van der Waals surface area (Å²) >= 11 is 5.88. The minimum absolute atomic E-state index is 0.220. The Balaban J connectivity index is 2.53. The number of amides is 2. The van der Waals surface area contributed by atoms with Crippen molar-refractivity contribution in [3.8, 4) is 5.75 Å².